The molecule has 0 saturated carbocycles. The quantitative estimate of drug-likeness (QED) is 0.646. The Morgan fingerprint density at radius 2 is 1.74 bits per heavy atom. The van der Waals surface area contributed by atoms with Crippen molar-refractivity contribution >= 4 is 23.5 Å². The molecular weight excluding hydrogens is 298 g/mol. The number of rotatable bonds is 4. The monoisotopic (exact) mass is 311 g/mol. The molecule has 1 aromatic carbocycles. The predicted octanol–water partition coefficient (Wildman–Crippen LogP) is 0.853. The number of carbonyl (C=O) groups excluding carboxylic acids is 4. The molecule has 0 saturated heterocycles. The third-order valence-corrected chi connectivity index (χ3v) is 3.66. The zero-order chi connectivity index (χ0) is 16.6. The third-order valence-electron chi connectivity index (χ3n) is 3.66. The van der Waals surface area contributed by atoms with E-state index in [1.54, 1.807) is 24.3 Å². The molecule has 23 heavy (non-hydrogen) atoms. The molecule has 7 heteroatoms. The van der Waals surface area contributed by atoms with Gasteiger partial charge in [-0.1, -0.05) is 12.1 Å². The van der Waals surface area contributed by atoms with Gasteiger partial charge >= 0.3 is 0 Å². The largest absolute Gasteiger partial charge is 0.356 e. The number of nitrogens with zero attached hydrogens (tertiary/aromatic N) is 1. The predicted molar refractivity (Wildman–Crippen MR) is 80.3 cm³/mol. The van der Waals surface area contributed by atoms with Gasteiger partial charge in [0.2, 0.25) is 0 Å². The molecule has 2 aromatic rings. The van der Waals surface area contributed by atoms with E-state index >= 15 is 0 Å². The topological polar surface area (TPSA) is 99.3 Å². The molecule has 0 unspecified atom stereocenters. The summed E-state index contributed by atoms with van der Waals surface area (Å²) in [6.45, 7) is -0.364. The Balaban J connectivity index is 1.79. The highest BCUT2D eigenvalue weighted by Gasteiger charge is 2.36. The molecule has 7 nitrogen and oxygen atoms in total. The van der Waals surface area contributed by atoms with Crippen molar-refractivity contribution in [3.05, 3.63) is 58.9 Å². The smallest absolute Gasteiger partial charge is 0.267 e. The Hall–Kier alpha value is -3.22. The van der Waals surface area contributed by atoms with Crippen molar-refractivity contribution in [2.45, 2.75) is 0 Å². The number of imide groups is 1. The number of fused-ring (bicyclic) bond motifs is 1. The molecule has 0 bridgehead atoms. The van der Waals surface area contributed by atoms with E-state index in [1.165, 1.54) is 19.3 Å². The van der Waals surface area contributed by atoms with Crippen molar-refractivity contribution in [2.24, 2.45) is 0 Å². The van der Waals surface area contributed by atoms with Crippen LogP contribution in [-0.4, -0.2) is 47.0 Å². The number of benzene rings is 1. The summed E-state index contributed by atoms with van der Waals surface area (Å²) in [5.41, 5.74) is 1.06. The van der Waals surface area contributed by atoms with E-state index < -0.39 is 17.6 Å². The maximum Gasteiger partial charge on any atom is 0.267 e. The van der Waals surface area contributed by atoms with Crippen molar-refractivity contribution < 1.29 is 19.2 Å². The summed E-state index contributed by atoms with van der Waals surface area (Å²) in [4.78, 5) is 51.8. The second kappa shape index (κ2) is 5.53. The van der Waals surface area contributed by atoms with Gasteiger partial charge in [0.1, 0.15) is 5.69 Å². The number of Topliss-reactive ketones (excluding diaryl/α,β-unsaturated/α-hetero) is 1. The number of hydrogen-bond donors (Lipinski definition) is 2. The minimum atomic E-state index is -0.485. The van der Waals surface area contributed by atoms with Crippen LogP contribution in [0.3, 0.4) is 0 Å². The van der Waals surface area contributed by atoms with Crippen LogP contribution in [-0.2, 0) is 0 Å². The number of aromatic amines is 1. The van der Waals surface area contributed by atoms with Gasteiger partial charge in [-0.15, -0.1) is 0 Å². The first kappa shape index (κ1) is 14.7. The number of amides is 3. The molecule has 0 aliphatic carbocycles. The van der Waals surface area contributed by atoms with Crippen LogP contribution >= 0.6 is 0 Å². The van der Waals surface area contributed by atoms with Crippen LogP contribution in [0.15, 0.2) is 36.5 Å². The first-order valence-corrected chi connectivity index (χ1v) is 6.92. The lowest BCUT2D eigenvalue weighted by molar-refractivity contribution is 0.0624. The van der Waals surface area contributed by atoms with Crippen LogP contribution in [0.4, 0.5) is 0 Å². The fraction of sp³-hybridized carbons (Fsp3) is 0.125. The van der Waals surface area contributed by atoms with E-state index in [2.05, 4.69) is 10.3 Å². The highest BCUT2D eigenvalue weighted by atomic mass is 16.2. The van der Waals surface area contributed by atoms with E-state index in [4.69, 9.17) is 0 Å². The number of ketones is 1. The molecule has 1 aliphatic rings. The van der Waals surface area contributed by atoms with Crippen LogP contribution in [0.5, 0.6) is 0 Å². The van der Waals surface area contributed by atoms with Gasteiger partial charge in [0.25, 0.3) is 17.7 Å². The van der Waals surface area contributed by atoms with Gasteiger partial charge in [0, 0.05) is 18.8 Å². The zero-order valence-corrected chi connectivity index (χ0v) is 12.3. The average Bonchev–Trinajstić information content (AvgIpc) is 3.15. The Kier molecular flexibility index (Phi) is 3.53. The number of H-pyrrole nitrogens is 1. The summed E-state index contributed by atoms with van der Waals surface area (Å²) in [6, 6.07) is 7.83. The summed E-state index contributed by atoms with van der Waals surface area (Å²) in [7, 11) is 1.48. The first-order valence-electron chi connectivity index (χ1n) is 6.92. The molecule has 2 N–H and O–H groups in total. The SMILES string of the molecule is CNC(=O)c1cc(C(=O)CN2C(=O)c3ccccc3C2=O)c[nH]1. The lowest BCUT2D eigenvalue weighted by Gasteiger charge is -2.11. The van der Waals surface area contributed by atoms with Crippen molar-refractivity contribution in [2.75, 3.05) is 13.6 Å². The van der Waals surface area contributed by atoms with Gasteiger partial charge in [-0.3, -0.25) is 24.1 Å². The minimum absolute atomic E-state index is 0.234. The van der Waals surface area contributed by atoms with Gasteiger partial charge in [0.05, 0.1) is 17.7 Å². The van der Waals surface area contributed by atoms with Crippen molar-refractivity contribution in [1.82, 2.24) is 15.2 Å². The molecule has 0 atom stereocenters. The molecule has 1 aromatic heterocycles. The molecule has 116 valence electrons. The van der Waals surface area contributed by atoms with E-state index in [0.29, 0.717) is 11.1 Å². The number of hydrogen-bond acceptors (Lipinski definition) is 4. The average molecular weight is 311 g/mol. The van der Waals surface area contributed by atoms with E-state index in [-0.39, 0.29) is 23.7 Å². The van der Waals surface area contributed by atoms with Crippen LogP contribution in [0.25, 0.3) is 0 Å². The molecule has 3 amide bonds. The second-order valence-corrected chi connectivity index (χ2v) is 5.05. The molecule has 0 spiro atoms. The van der Waals surface area contributed by atoms with Crippen LogP contribution < -0.4 is 5.32 Å². The van der Waals surface area contributed by atoms with Crippen LogP contribution in [0.2, 0.25) is 0 Å². The first-order chi connectivity index (χ1) is 11.0. The summed E-state index contributed by atoms with van der Waals surface area (Å²) >= 11 is 0. The number of nitrogens with one attached hydrogen (secondary N) is 2. The van der Waals surface area contributed by atoms with E-state index in [9.17, 15) is 19.2 Å². The van der Waals surface area contributed by atoms with Crippen molar-refractivity contribution in [1.29, 1.82) is 0 Å². The van der Waals surface area contributed by atoms with E-state index in [1.807, 2.05) is 0 Å². The van der Waals surface area contributed by atoms with Crippen molar-refractivity contribution in [3.63, 3.8) is 0 Å². The van der Waals surface area contributed by atoms with E-state index in [0.717, 1.165) is 4.90 Å². The highest BCUT2D eigenvalue weighted by molar-refractivity contribution is 6.23. The maximum atomic E-state index is 12.3. The van der Waals surface area contributed by atoms with Gasteiger partial charge < -0.3 is 10.3 Å². The van der Waals surface area contributed by atoms with Gasteiger partial charge in [-0.2, -0.15) is 0 Å². The molecule has 2 heterocycles. The molecule has 0 fully saturated rings. The third kappa shape index (κ3) is 2.42. The summed E-state index contributed by atoms with van der Waals surface area (Å²) < 4.78 is 0. The fourth-order valence-corrected chi connectivity index (χ4v) is 2.44. The lowest BCUT2D eigenvalue weighted by Crippen LogP contribution is -2.34. The maximum absolute atomic E-state index is 12.3. The fourth-order valence-electron chi connectivity index (χ4n) is 2.44. The normalized spacial score (nSPS) is 13.2. The lowest BCUT2D eigenvalue weighted by atomic mass is 10.1. The second-order valence-electron chi connectivity index (χ2n) is 5.05. The number of aromatic nitrogens is 1. The van der Waals surface area contributed by atoms with Crippen LogP contribution in [0, 0.1) is 0 Å². The summed E-state index contributed by atoms with van der Waals surface area (Å²) in [5, 5.41) is 2.43. The number of carbonyl (C=O) groups is 4. The molecule has 0 radical (unpaired) electrons. The standard InChI is InChI=1S/C16H13N3O4/c1-17-14(21)12-6-9(7-18-12)13(20)8-19-15(22)10-4-2-3-5-11(10)16(19)23/h2-7,18H,8H2,1H3,(H,17,21). The van der Waals surface area contributed by atoms with Gasteiger partial charge in [-0.05, 0) is 18.2 Å². The highest BCUT2D eigenvalue weighted by Crippen LogP contribution is 2.22. The Morgan fingerprint density at radius 1 is 1.13 bits per heavy atom. The minimum Gasteiger partial charge on any atom is -0.356 e. The zero-order valence-electron chi connectivity index (χ0n) is 12.3. The summed E-state index contributed by atoms with van der Waals surface area (Å²) in [6.07, 6.45) is 1.38. The summed E-state index contributed by atoms with van der Waals surface area (Å²) in [5.74, 6) is -1.75. The molecule has 3 rings (SSSR count). The van der Waals surface area contributed by atoms with Gasteiger partial charge in [0.15, 0.2) is 5.78 Å². The van der Waals surface area contributed by atoms with Gasteiger partial charge in [-0.25, -0.2) is 0 Å². The van der Waals surface area contributed by atoms with Crippen LogP contribution in [0.1, 0.15) is 41.6 Å². The Morgan fingerprint density at radius 3 is 2.30 bits per heavy atom. The molecular formula is C16H13N3O4. The Labute approximate surface area is 131 Å². The Bertz CT molecular complexity index is 802. The van der Waals surface area contributed by atoms with Crippen molar-refractivity contribution in [3.8, 4) is 0 Å². The molecule has 1 aliphatic heterocycles.